The largest absolute Gasteiger partial charge is 0.444 e. The van der Waals surface area contributed by atoms with Gasteiger partial charge in [0.1, 0.15) is 5.60 Å². The first kappa shape index (κ1) is 13.6. The molecule has 2 rings (SSSR count). The third-order valence-corrected chi connectivity index (χ3v) is 3.43. The van der Waals surface area contributed by atoms with Crippen molar-refractivity contribution >= 4 is 6.09 Å². The lowest BCUT2D eigenvalue weighted by molar-refractivity contribution is -0.0521. The van der Waals surface area contributed by atoms with Crippen LogP contribution < -0.4 is 0 Å². The number of rotatable bonds is 2. The molecule has 2 fully saturated rings. The molecule has 0 radical (unpaired) electrons. The fraction of sp³-hybridized carbons (Fsp3) is 0.923. The molecule has 104 valence electrons. The summed E-state index contributed by atoms with van der Waals surface area (Å²) in [4.78, 5) is 13.7. The molecule has 1 saturated carbocycles. The first-order valence-electron chi connectivity index (χ1n) is 6.61. The van der Waals surface area contributed by atoms with Gasteiger partial charge in [-0.3, -0.25) is 0 Å². The van der Waals surface area contributed by atoms with E-state index in [0.29, 0.717) is 31.5 Å². The SMILES string of the molecule is CC(C)(C)OC(=O)N1CCOC(C2CC2CO)C1. The van der Waals surface area contributed by atoms with Gasteiger partial charge in [-0.1, -0.05) is 0 Å². The summed E-state index contributed by atoms with van der Waals surface area (Å²) < 4.78 is 11.0. The van der Waals surface area contributed by atoms with Crippen molar-refractivity contribution in [2.45, 2.75) is 38.9 Å². The van der Waals surface area contributed by atoms with Gasteiger partial charge in [-0.05, 0) is 39.0 Å². The highest BCUT2D eigenvalue weighted by atomic mass is 16.6. The zero-order valence-electron chi connectivity index (χ0n) is 11.4. The number of hydrogen-bond donors (Lipinski definition) is 1. The van der Waals surface area contributed by atoms with E-state index in [9.17, 15) is 4.79 Å². The fourth-order valence-electron chi connectivity index (χ4n) is 2.36. The Morgan fingerprint density at radius 3 is 2.78 bits per heavy atom. The highest BCUT2D eigenvalue weighted by Crippen LogP contribution is 2.42. The van der Waals surface area contributed by atoms with Crippen LogP contribution in [0.25, 0.3) is 0 Å². The van der Waals surface area contributed by atoms with Gasteiger partial charge in [0.25, 0.3) is 0 Å². The summed E-state index contributed by atoms with van der Waals surface area (Å²) in [6.45, 7) is 7.54. The predicted octanol–water partition coefficient (Wildman–Crippen LogP) is 1.25. The van der Waals surface area contributed by atoms with Gasteiger partial charge in [-0.15, -0.1) is 0 Å². The number of aliphatic hydroxyl groups is 1. The van der Waals surface area contributed by atoms with Crippen LogP contribution in [0.5, 0.6) is 0 Å². The first-order valence-corrected chi connectivity index (χ1v) is 6.61. The minimum atomic E-state index is -0.460. The van der Waals surface area contributed by atoms with Gasteiger partial charge in [0, 0.05) is 13.2 Å². The van der Waals surface area contributed by atoms with E-state index in [0.717, 1.165) is 6.42 Å². The molecular formula is C13H23NO4. The van der Waals surface area contributed by atoms with E-state index in [2.05, 4.69) is 0 Å². The maximum atomic E-state index is 12.0. The summed E-state index contributed by atoms with van der Waals surface area (Å²) in [7, 11) is 0. The van der Waals surface area contributed by atoms with Gasteiger partial charge in [-0.2, -0.15) is 0 Å². The van der Waals surface area contributed by atoms with Gasteiger partial charge in [0.2, 0.25) is 0 Å². The van der Waals surface area contributed by atoms with E-state index in [1.165, 1.54) is 0 Å². The number of nitrogens with zero attached hydrogens (tertiary/aromatic N) is 1. The fourth-order valence-corrected chi connectivity index (χ4v) is 2.36. The Morgan fingerprint density at radius 1 is 1.50 bits per heavy atom. The molecule has 0 aromatic rings. The summed E-state index contributed by atoms with van der Waals surface area (Å²) in [5, 5.41) is 9.07. The summed E-state index contributed by atoms with van der Waals surface area (Å²) in [5.74, 6) is 0.758. The molecule has 1 amide bonds. The third kappa shape index (κ3) is 3.36. The van der Waals surface area contributed by atoms with Crippen LogP contribution in [0.2, 0.25) is 0 Å². The number of amides is 1. The van der Waals surface area contributed by atoms with Gasteiger partial charge >= 0.3 is 6.09 Å². The number of hydrogen-bond acceptors (Lipinski definition) is 4. The zero-order valence-corrected chi connectivity index (χ0v) is 11.4. The van der Waals surface area contributed by atoms with Crippen molar-refractivity contribution in [1.82, 2.24) is 4.90 Å². The van der Waals surface area contributed by atoms with E-state index >= 15 is 0 Å². The van der Waals surface area contributed by atoms with Crippen LogP contribution in [-0.2, 0) is 9.47 Å². The van der Waals surface area contributed by atoms with Crippen LogP contribution in [0.3, 0.4) is 0 Å². The molecule has 3 atom stereocenters. The lowest BCUT2D eigenvalue weighted by Crippen LogP contribution is -2.48. The molecule has 1 aliphatic carbocycles. The second kappa shape index (κ2) is 5.05. The average Bonchev–Trinajstić information content (AvgIpc) is 3.06. The maximum Gasteiger partial charge on any atom is 0.410 e. The predicted molar refractivity (Wildman–Crippen MR) is 66.2 cm³/mol. The topological polar surface area (TPSA) is 59.0 Å². The smallest absolute Gasteiger partial charge is 0.410 e. The van der Waals surface area contributed by atoms with Gasteiger partial charge < -0.3 is 19.5 Å². The van der Waals surface area contributed by atoms with Crippen molar-refractivity contribution in [2.24, 2.45) is 11.8 Å². The molecular weight excluding hydrogens is 234 g/mol. The lowest BCUT2D eigenvalue weighted by atomic mass is 10.1. The van der Waals surface area contributed by atoms with E-state index < -0.39 is 5.60 Å². The molecule has 0 spiro atoms. The van der Waals surface area contributed by atoms with Crippen LogP contribution in [0, 0.1) is 11.8 Å². The molecule has 5 nitrogen and oxygen atoms in total. The minimum Gasteiger partial charge on any atom is -0.444 e. The summed E-state index contributed by atoms with van der Waals surface area (Å²) in [6.07, 6.45) is 0.795. The Balaban J connectivity index is 1.85. The molecule has 1 heterocycles. The van der Waals surface area contributed by atoms with Crippen molar-refractivity contribution in [3.63, 3.8) is 0 Å². The zero-order chi connectivity index (χ0) is 13.3. The number of carbonyl (C=O) groups excluding carboxylic acids is 1. The average molecular weight is 257 g/mol. The Labute approximate surface area is 108 Å². The molecule has 0 bridgehead atoms. The van der Waals surface area contributed by atoms with E-state index in [-0.39, 0.29) is 18.8 Å². The van der Waals surface area contributed by atoms with E-state index in [4.69, 9.17) is 14.6 Å². The lowest BCUT2D eigenvalue weighted by Gasteiger charge is -2.34. The van der Waals surface area contributed by atoms with Crippen LogP contribution in [-0.4, -0.2) is 54.1 Å². The number of carbonyl (C=O) groups is 1. The van der Waals surface area contributed by atoms with Crippen molar-refractivity contribution in [2.75, 3.05) is 26.3 Å². The molecule has 1 N–H and O–H groups in total. The van der Waals surface area contributed by atoms with Crippen molar-refractivity contribution in [3.05, 3.63) is 0 Å². The Morgan fingerprint density at radius 2 is 2.22 bits per heavy atom. The van der Waals surface area contributed by atoms with E-state index in [1.807, 2.05) is 20.8 Å². The number of ether oxygens (including phenoxy) is 2. The van der Waals surface area contributed by atoms with E-state index in [1.54, 1.807) is 4.90 Å². The molecule has 0 aromatic heterocycles. The Bertz CT molecular complexity index is 313. The molecule has 1 aliphatic heterocycles. The Hall–Kier alpha value is -0.810. The van der Waals surface area contributed by atoms with Gasteiger partial charge in [0.15, 0.2) is 0 Å². The number of morpholine rings is 1. The number of aliphatic hydroxyl groups excluding tert-OH is 1. The van der Waals surface area contributed by atoms with Gasteiger partial charge in [0.05, 0.1) is 19.3 Å². The second-order valence-corrected chi connectivity index (χ2v) is 6.18. The molecule has 5 heteroatoms. The van der Waals surface area contributed by atoms with Crippen LogP contribution in [0.15, 0.2) is 0 Å². The van der Waals surface area contributed by atoms with Crippen molar-refractivity contribution in [3.8, 4) is 0 Å². The molecule has 0 aromatic carbocycles. The van der Waals surface area contributed by atoms with Crippen molar-refractivity contribution in [1.29, 1.82) is 0 Å². The Kier molecular flexibility index (Phi) is 3.82. The van der Waals surface area contributed by atoms with Crippen LogP contribution in [0.1, 0.15) is 27.2 Å². The summed E-state index contributed by atoms with van der Waals surface area (Å²) in [5.41, 5.74) is -0.460. The monoisotopic (exact) mass is 257 g/mol. The highest BCUT2D eigenvalue weighted by molar-refractivity contribution is 5.68. The standard InChI is InChI=1S/C13H23NO4/c1-13(2,3)18-12(16)14-4-5-17-11(7-14)10-6-9(10)8-15/h9-11,15H,4-8H2,1-3H3. The molecule has 1 saturated heterocycles. The molecule has 3 unspecified atom stereocenters. The van der Waals surface area contributed by atoms with Gasteiger partial charge in [-0.25, -0.2) is 4.79 Å². The minimum absolute atomic E-state index is 0.0587. The van der Waals surface area contributed by atoms with Crippen LogP contribution >= 0.6 is 0 Å². The summed E-state index contributed by atoms with van der Waals surface area (Å²) >= 11 is 0. The first-order chi connectivity index (χ1) is 8.40. The molecule has 2 aliphatic rings. The third-order valence-electron chi connectivity index (χ3n) is 3.43. The molecule has 18 heavy (non-hydrogen) atoms. The normalized spacial score (nSPS) is 32.2. The quantitative estimate of drug-likeness (QED) is 0.809. The van der Waals surface area contributed by atoms with Crippen molar-refractivity contribution < 1.29 is 19.4 Å². The summed E-state index contributed by atoms with van der Waals surface area (Å²) in [6, 6.07) is 0. The highest BCUT2D eigenvalue weighted by Gasteiger charge is 2.45. The second-order valence-electron chi connectivity index (χ2n) is 6.18. The maximum absolute atomic E-state index is 12.0. The van der Waals surface area contributed by atoms with Crippen LogP contribution in [0.4, 0.5) is 4.79 Å².